The second-order valence-corrected chi connectivity index (χ2v) is 10.8. The van der Waals surface area contributed by atoms with Crippen molar-refractivity contribution in [2.45, 2.75) is 102 Å². The summed E-state index contributed by atoms with van der Waals surface area (Å²) in [7, 11) is 0. The summed E-state index contributed by atoms with van der Waals surface area (Å²) in [5.41, 5.74) is 0.540. The lowest BCUT2D eigenvalue weighted by Gasteiger charge is -2.38. The minimum Gasteiger partial charge on any atom is -0.478 e. The Morgan fingerprint density at radius 1 is 0.697 bits per heavy atom. The second-order valence-electron chi connectivity index (χ2n) is 10.8. The summed E-state index contributed by atoms with van der Waals surface area (Å²) in [6.45, 7) is -1.70. The van der Waals surface area contributed by atoms with E-state index in [1.807, 2.05) is 0 Å². The van der Waals surface area contributed by atoms with Crippen LogP contribution in [0.25, 0.3) is 0 Å². The third kappa shape index (κ3) is 6.85. The molecule has 6 heteroatoms. The fourth-order valence-corrected chi connectivity index (χ4v) is 6.75. The van der Waals surface area contributed by atoms with Gasteiger partial charge in [-0.1, -0.05) is 51.4 Å². The lowest BCUT2D eigenvalue weighted by molar-refractivity contribution is -0.154. The number of hydrogen-bond acceptors (Lipinski definition) is 1. The Bertz CT molecular complexity index is 731. The summed E-state index contributed by atoms with van der Waals surface area (Å²) in [5, 5.41) is 0. The number of ether oxygens (including phenoxy) is 1. The molecule has 0 N–H and O–H groups in total. The first-order valence-electron chi connectivity index (χ1n) is 13.0. The zero-order chi connectivity index (χ0) is 23.4. The van der Waals surface area contributed by atoms with Gasteiger partial charge >= 0.3 is 6.18 Å². The van der Waals surface area contributed by atoms with Crippen LogP contribution in [0.1, 0.15) is 101 Å². The Kier molecular flexibility index (Phi) is 8.22. The van der Waals surface area contributed by atoms with E-state index < -0.39 is 30.2 Å². The SMILES string of the molecule is Fc1cc([C@H]2CC[C@H]([C@H]3CC[C@H](CCC4CCCC4)CC3)CC2)cc(F)c1OCC(F)(F)F. The van der Waals surface area contributed by atoms with Gasteiger partial charge in [0.1, 0.15) is 0 Å². The maximum Gasteiger partial charge on any atom is 0.422 e. The van der Waals surface area contributed by atoms with Crippen molar-refractivity contribution in [2.75, 3.05) is 6.61 Å². The van der Waals surface area contributed by atoms with Crippen LogP contribution in [0.4, 0.5) is 22.0 Å². The lowest BCUT2D eigenvalue weighted by atomic mass is 9.68. The van der Waals surface area contributed by atoms with E-state index in [-0.39, 0.29) is 5.92 Å². The molecule has 0 amide bonds. The number of hydrogen-bond donors (Lipinski definition) is 0. The van der Waals surface area contributed by atoms with E-state index >= 15 is 0 Å². The molecule has 1 aromatic rings. The molecule has 0 atom stereocenters. The van der Waals surface area contributed by atoms with E-state index in [0.717, 1.165) is 55.6 Å². The van der Waals surface area contributed by atoms with Gasteiger partial charge in [0.05, 0.1) is 0 Å². The van der Waals surface area contributed by atoms with E-state index in [1.54, 1.807) is 0 Å². The highest BCUT2D eigenvalue weighted by atomic mass is 19.4. The van der Waals surface area contributed by atoms with Crippen molar-refractivity contribution in [3.05, 3.63) is 29.3 Å². The molecule has 3 aliphatic rings. The van der Waals surface area contributed by atoms with E-state index in [1.165, 1.54) is 64.2 Å². The van der Waals surface area contributed by atoms with Crippen LogP contribution in [0, 0.1) is 35.3 Å². The fourth-order valence-electron chi connectivity index (χ4n) is 6.75. The molecule has 0 heterocycles. The van der Waals surface area contributed by atoms with Crippen LogP contribution in [-0.2, 0) is 0 Å². The molecule has 0 aliphatic heterocycles. The van der Waals surface area contributed by atoms with Crippen LogP contribution in [-0.4, -0.2) is 12.8 Å². The normalized spacial score (nSPS) is 29.4. The molecule has 0 saturated heterocycles. The minimum absolute atomic E-state index is 0.0599. The minimum atomic E-state index is -4.63. The summed E-state index contributed by atoms with van der Waals surface area (Å²) in [6.07, 6.45) is 13.2. The fraction of sp³-hybridized carbons (Fsp3) is 0.778. The predicted molar refractivity (Wildman–Crippen MR) is 119 cm³/mol. The van der Waals surface area contributed by atoms with Crippen LogP contribution >= 0.6 is 0 Å². The molecular weight excluding hydrogens is 435 g/mol. The molecule has 0 bridgehead atoms. The molecule has 1 nitrogen and oxygen atoms in total. The van der Waals surface area contributed by atoms with Gasteiger partial charge in [0.2, 0.25) is 0 Å². The second kappa shape index (κ2) is 10.9. The van der Waals surface area contributed by atoms with Crippen molar-refractivity contribution in [3.63, 3.8) is 0 Å². The maximum atomic E-state index is 14.3. The Hall–Kier alpha value is -1.33. The highest BCUT2D eigenvalue weighted by molar-refractivity contribution is 5.33. The van der Waals surface area contributed by atoms with Gasteiger partial charge in [-0.3, -0.25) is 0 Å². The van der Waals surface area contributed by atoms with Crippen LogP contribution < -0.4 is 4.74 Å². The summed E-state index contributed by atoms with van der Waals surface area (Å²) in [4.78, 5) is 0. The Labute approximate surface area is 194 Å². The maximum absolute atomic E-state index is 14.3. The zero-order valence-corrected chi connectivity index (χ0v) is 19.4. The predicted octanol–water partition coefficient (Wildman–Crippen LogP) is 8.96. The van der Waals surface area contributed by atoms with Gasteiger partial charge in [-0.25, -0.2) is 8.78 Å². The van der Waals surface area contributed by atoms with Crippen LogP contribution in [0.15, 0.2) is 12.1 Å². The molecule has 1 aromatic carbocycles. The van der Waals surface area contributed by atoms with Crippen molar-refractivity contribution in [1.29, 1.82) is 0 Å². The summed E-state index contributed by atoms with van der Waals surface area (Å²) < 4.78 is 69.9. The molecular formula is C27H37F5O. The van der Waals surface area contributed by atoms with Gasteiger partial charge in [0.25, 0.3) is 0 Å². The van der Waals surface area contributed by atoms with Crippen molar-refractivity contribution >= 4 is 0 Å². The number of alkyl halides is 3. The van der Waals surface area contributed by atoms with E-state index in [9.17, 15) is 22.0 Å². The first-order valence-corrected chi connectivity index (χ1v) is 13.0. The van der Waals surface area contributed by atoms with E-state index in [2.05, 4.69) is 4.74 Å². The molecule has 0 spiro atoms. The number of benzene rings is 1. The summed E-state index contributed by atoms with van der Waals surface area (Å²) in [5.74, 6) is 0.389. The van der Waals surface area contributed by atoms with Gasteiger partial charge in [0.15, 0.2) is 24.0 Å². The van der Waals surface area contributed by atoms with Crippen molar-refractivity contribution < 1.29 is 26.7 Å². The highest BCUT2D eigenvalue weighted by Gasteiger charge is 2.33. The molecule has 4 rings (SSSR count). The van der Waals surface area contributed by atoms with Crippen molar-refractivity contribution in [3.8, 4) is 5.75 Å². The molecule has 0 unspecified atom stereocenters. The molecule has 186 valence electrons. The number of halogens is 5. The van der Waals surface area contributed by atoms with Crippen molar-refractivity contribution in [2.24, 2.45) is 23.7 Å². The Morgan fingerprint density at radius 2 is 1.18 bits per heavy atom. The van der Waals surface area contributed by atoms with Crippen LogP contribution in [0.5, 0.6) is 5.75 Å². The molecule has 33 heavy (non-hydrogen) atoms. The van der Waals surface area contributed by atoms with Gasteiger partial charge in [-0.15, -0.1) is 0 Å². The van der Waals surface area contributed by atoms with Crippen LogP contribution in [0.2, 0.25) is 0 Å². The zero-order valence-electron chi connectivity index (χ0n) is 19.4. The quantitative estimate of drug-likeness (QED) is 0.360. The van der Waals surface area contributed by atoms with Crippen LogP contribution in [0.3, 0.4) is 0 Å². The highest BCUT2D eigenvalue weighted by Crippen LogP contribution is 2.45. The first-order chi connectivity index (χ1) is 15.8. The third-order valence-electron chi connectivity index (χ3n) is 8.66. The van der Waals surface area contributed by atoms with Gasteiger partial charge in [-0.05, 0) is 85.8 Å². The number of rotatable bonds is 7. The largest absolute Gasteiger partial charge is 0.478 e. The van der Waals surface area contributed by atoms with E-state index in [0.29, 0.717) is 11.5 Å². The standard InChI is InChI=1S/C27H37F5O/c28-24-15-23(16-25(29)26(24)33-17-27(30,31)32)22-13-11-21(12-14-22)20-9-7-19(8-10-20)6-5-18-3-1-2-4-18/h15-16,18-22H,1-14,17H2/t19-,20-,21-,22-. The third-order valence-corrected chi connectivity index (χ3v) is 8.66. The molecule has 0 aromatic heterocycles. The van der Waals surface area contributed by atoms with Gasteiger partial charge in [0, 0.05) is 0 Å². The van der Waals surface area contributed by atoms with E-state index in [4.69, 9.17) is 0 Å². The topological polar surface area (TPSA) is 9.23 Å². The monoisotopic (exact) mass is 472 g/mol. The Balaban J connectivity index is 1.23. The molecule has 3 aliphatic carbocycles. The average molecular weight is 473 g/mol. The molecule has 0 radical (unpaired) electrons. The smallest absolute Gasteiger partial charge is 0.422 e. The Morgan fingerprint density at radius 3 is 1.70 bits per heavy atom. The summed E-state index contributed by atoms with van der Waals surface area (Å²) in [6, 6.07) is 2.32. The molecule has 3 fully saturated rings. The average Bonchev–Trinajstić information content (AvgIpc) is 3.30. The first kappa shape index (κ1) is 24.8. The lowest BCUT2D eigenvalue weighted by Crippen LogP contribution is -2.25. The van der Waals surface area contributed by atoms with Gasteiger partial charge < -0.3 is 4.74 Å². The summed E-state index contributed by atoms with van der Waals surface area (Å²) >= 11 is 0. The van der Waals surface area contributed by atoms with Crippen molar-refractivity contribution in [1.82, 2.24) is 0 Å². The molecule has 3 saturated carbocycles. The van der Waals surface area contributed by atoms with Gasteiger partial charge in [-0.2, -0.15) is 13.2 Å².